The number of carbonyl (C=O) groups is 1. The van der Waals surface area contributed by atoms with Crippen LogP contribution in [-0.2, 0) is 16.0 Å². The molecule has 3 heteroatoms. The van der Waals surface area contributed by atoms with E-state index in [2.05, 4.69) is 32.9 Å². The van der Waals surface area contributed by atoms with Crippen molar-refractivity contribution < 1.29 is 9.53 Å². The van der Waals surface area contributed by atoms with Crippen molar-refractivity contribution in [2.24, 2.45) is 0 Å². The molecule has 0 radical (unpaired) electrons. The molecule has 1 aliphatic carbocycles. The molecule has 0 amide bonds. The Balaban J connectivity index is 1.61. The second-order valence-electron chi connectivity index (χ2n) is 7.11. The second-order valence-corrected chi connectivity index (χ2v) is 8.79. The molecule has 1 aromatic carbocycles. The van der Waals surface area contributed by atoms with Crippen molar-refractivity contribution in [2.45, 2.75) is 64.0 Å². The van der Waals surface area contributed by atoms with Gasteiger partial charge in [0.05, 0.1) is 13.0 Å². The van der Waals surface area contributed by atoms with Crippen LogP contribution in [-0.4, -0.2) is 23.1 Å². The zero-order valence-electron chi connectivity index (χ0n) is 15.3. The third-order valence-corrected chi connectivity index (χ3v) is 6.39. The van der Waals surface area contributed by atoms with Gasteiger partial charge >= 0.3 is 5.97 Å². The van der Waals surface area contributed by atoms with Crippen LogP contribution in [0.3, 0.4) is 0 Å². The molecule has 24 heavy (non-hydrogen) atoms. The first-order chi connectivity index (χ1) is 11.5. The van der Waals surface area contributed by atoms with E-state index in [4.69, 9.17) is 4.74 Å². The Labute approximate surface area is 151 Å². The third kappa shape index (κ3) is 6.35. The zero-order chi connectivity index (χ0) is 17.4. The number of thioether (sulfide) groups is 1. The van der Waals surface area contributed by atoms with Gasteiger partial charge < -0.3 is 4.74 Å². The number of esters is 1. The van der Waals surface area contributed by atoms with E-state index in [1.165, 1.54) is 36.8 Å². The Morgan fingerprint density at radius 3 is 2.46 bits per heavy atom. The highest BCUT2D eigenvalue weighted by atomic mass is 32.2. The Kier molecular flexibility index (Phi) is 7.41. The minimum Gasteiger partial charge on any atom is -0.465 e. The monoisotopic (exact) mass is 346 g/mol. The van der Waals surface area contributed by atoms with Gasteiger partial charge in [-0.2, -0.15) is 11.8 Å². The van der Waals surface area contributed by atoms with Gasteiger partial charge in [0.25, 0.3) is 0 Å². The number of hydrogen-bond donors (Lipinski definition) is 0. The normalized spacial score (nSPS) is 20.7. The molecule has 0 unspecified atom stereocenters. The lowest BCUT2D eigenvalue weighted by Gasteiger charge is -2.34. The van der Waals surface area contributed by atoms with Gasteiger partial charge in [-0.05, 0) is 45.1 Å². The number of allylic oxidation sites excluding steroid dienone is 2. The summed E-state index contributed by atoms with van der Waals surface area (Å²) in [6.45, 7) is 7.27. The first-order valence-corrected chi connectivity index (χ1v) is 9.96. The van der Waals surface area contributed by atoms with E-state index < -0.39 is 0 Å². The predicted octanol–water partition coefficient (Wildman–Crippen LogP) is 5.56. The van der Waals surface area contributed by atoms with Crippen LogP contribution in [0.25, 0.3) is 0 Å². The maximum atomic E-state index is 11.9. The van der Waals surface area contributed by atoms with Crippen LogP contribution in [0.4, 0.5) is 0 Å². The summed E-state index contributed by atoms with van der Waals surface area (Å²) in [7, 11) is 0. The standard InChI is InChI=1S/C21H30O2S/c1-17(2)19-9-13-21(3,14-10-19)24-16-12-20(22)23-15-11-18-7-5-4-6-8-18/h4-8H,9-16H2,1-3H3. The summed E-state index contributed by atoms with van der Waals surface area (Å²) in [4.78, 5) is 11.9. The molecule has 0 spiro atoms. The van der Waals surface area contributed by atoms with Crippen LogP contribution in [0, 0.1) is 0 Å². The molecule has 1 aliphatic rings. The van der Waals surface area contributed by atoms with Crippen molar-refractivity contribution in [1.29, 1.82) is 0 Å². The lowest BCUT2D eigenvalue weighted by atomic mass is 9.84. The first-order valence-electron chi connectivity index (χ1n) is 8.97. The third-order valence-electron chi connectivity index (χ3n) is 4.87. The molecule has 1 aromatic rings. The number of ether oxygens (including phenoxy) is 1. The Morgan fingerprint density at radius 2 is 1.83 bits per heavy atom. The molecule has 2 nitrogen and oxygen atoms in total. The Bertz CT molecular complexity index is 548. The number of rotatable bonds is 7. The van der Waals surface area contributed by atoms with Crippen LogP contribution in [0.5, 0.6) is 0 Å². The molecule has 1 saturated carbocycles. The van der Waals surface area contributed by atoms with Crippen molar-refractivity contribution in [3.05, 3.63) is 47.0 Å². The topological polar surface area (TPSA) is 26.3 Å². The molecular formula is C21H30O2S. The average molecular weight is 347 g/mol. The average Bonchev–Trinajstić information content (AvgIpc) is 2.56. The van der Waals surface area contributed by atoms with Crippen molar-refractivity contribution in [1.82, 2.24) is 0 Å². The lowest BCUT2D eigenvalue weighted by Crippen LogP contribution is -2.25. The summed E-state index contributed by atoms with van der Waals surface area (Å²) < 4.78 is 5.68. The highest BCUT2D eigenvalue weighted by Crippen LogP contribution is 2.42. The molecule has 0 saturated heterocycles. The highest BCUT2D eigenvalue weighted by Gasteiger charge is 2.29. The van der Waals surface area contributed by atoms with E-state index in [1.807, 2.05) is 30.0 Å². The largest absolute Gasteiger partial charge is 0.465 e. The minimum atomic E-state index is -0.0668. The number of benzene rings is 1. The van der Waals surface area contributed by atoms with Crippen molar-refractivity contribution in [3.8, 4) is 0 Å². The zero-order valence-corrected chi connectivity index (χ0v) is 16.1. The van der Waals surface area contributed by atoms with Crippen LogP contribution in [0.1, 0.15) is 58.4 Å². The fourth-order valence-corrected chi connectivity index (χ4v) is 4.36. The first kappa shape index (κ1) is 19.1. The molecule has 0 aliphatic heterocycles. The maximum Gasteiger partial charge on any atom is 0.306 e. The van der Waals surface area contributed by atoms with Gasteiger partial charge in [0.2, 0.25) is 0 Å². The Hall–Kier alpha value is -1.22. The molecule has 0 heterocycles. The van der Waals surface area contributed by atoms with E-state index >= 15 is 0 Å². The summed E-state index contributed by atoms with van der Waals surface area (Å²) >= 11 is 1.95. The van der Waals surface area contributed by atoms with E-state index in [0.29, 0.717) is 17.8 Å². The van der Waals surface area contributed by atoms with Gasteiger partial charge in [0.1, 0.15) is 0 Å². The van der Waals surface area contributed by atoms with E-state index in [0.717, 1.165) is 12.2 Å². The van der Waals surface area contributed by atoms with Gasteiger partial charge in [-0.15, -0.1) is 0 Å². The SMILES string of the molecule is CC(C)=C1CCC(C)(SCCC(=O)OCCc2ccccc2)CC1. The molecule has 0 N–H and O–H groups in total. The molecule has 0 bridgehead atoms. The minimum absolute atomic E-state index is 0.0668. The lowest BCUT2D eigenvalue weighted by molar-refractivity contribution is -0.143. The van der Waals surface area contributed by atoms with Crippen LogP contribution in [0.2, 0.25) is 0 Å². The van der Waals surface area contributed by atoms with Gasteiger partial charge in [-0.3, -0.25) is 4.79 Å². The summed E-state index contributed by atoms with van der Waals surface area (Å²) in [5.74, 6) is 0.799. The molecule has 1 fully saturated rings. The van der Waals surface area contributed by atoms with E-state index in [-0.39, 0.29) is 5.97 Å². The van der Waals surface area contributed by atoms with Crippen LogP contribution >= 0.6 is 11.8 Å². The van der Waals surface area contributed by atoms with Crippen molar-refractivity contribution in [3.63, 3.8) is 0 Å². The summed E-state index contributed by atoms with van der Waals surface area (Å²) in [5.41, 5.74) is 4.34. The molecule has 2 rings (SSSR count). The van der Waals surface area contributed by atoms with Crippen LogP contribution in [0.15, 0.2) is 41.5 Å². The van der Waals surface area contributed by atoms with Crippen molar-refractivity contribution in [2.75, 3.05) is 12.4 Å². The second kappa shape index (κ2) is 9.31. The van der Waals surface area contributed by atoms with E-state index in [1.54, 1.807) is 5.57 Å². The molecular weight excluding hydrogens is 316 g/mol. The molecule has 132 valence electrons. The summed E-state index contributed by atoms with van der Waals surface area (Å²) in [6.07, 6.45) is 6.19. The molecule has 0 atom stereocenters. The maximum absolute atomic E-state index is 11.9. The smallest absolute Gasteiger partial charge is 0.306 e. The van der Waals surface area contributed by atoms with E-state index in [9.17, 15) is 4.79 Å². The highest BCUT2D eigenvalue weighted by molar-refractivity contribution is 8.00. The number of hydrogen-bond acceptors (Lipinski definition) is 3. The summed E-state index contributed by atoms with van der Waals surface area (Å²) in [6, 6.07) is 10.2. The number of carbonyl (C=O) groups excluding carboxylic acids is 1. The predicted molar refractivity (Wildman–Crippen MR) is 103 cm³/mol. The fourth-order valence-electron chi connectivity index (χ4n) is 3.11. The molecule has 0 aromatic heterocycles. The van der Waals surface area contributed by atoms with Gasteiger partial charge in [0.15, 0.2) is 0 Å². The fraction of sp³-hybridized carbons (Fsp3) is 0.571. The van der Waals surface area contributed by atoms with Gasteiger partial charge in [0, 0.05) is 16.9 Å². The van der Waals surface area contributed by atoms with Crippen LogP contribution < -0.4 is 0 Å². The van der Waals surface area contributed by atoms with Gasteiger partial charge in [-0.25, -0.2) is 0 Å². The Morgan fingerprint density at radius 1 is 1.17 bits per heavy atom. The quantitative estimate of drug-likeness (QED) is 0.477. The van der Waals surface area contributed by atoms with Gasteiger partial charge in [-0.1, -0.05) is 48.4 Å². The van der Waals surface area contributed by atoms with Crippen molar-refractivity contribution >= 4 is 17.7 Å². The summed E-state index contributed by atoms with van der Waals surface area (Å²) in [5, 5.41) is 0.